The number of nitrogens with zero attached hydrogens (tertiary/aromatic N) is 4. The Hall–Kier alpha value is -2.89. The number of nitriles is 1. The second-order valence-corrected chi connectivity index (χ2v) is 4.64. The van der Waals surface area contributed by atoms with Crippen LogP contribution in [0.4, 0.5) is 0 Å². The average molecular weight is 306 g/mol. The van der Waals surface area contributed by atoms with E-state index in [9.17, 15) is 14.4 Å². The first-order valence-electron chi connectivity index (χ1n) is 6.58. The molecule has 0 spiro atoms. The summed E-state index contributed by atoms with van der Waals surface area (Å²) in [7, 11) is 1.29. The topological polar surface area (TPSA) is 116 Å². The molecule has 22 heavy (non-hydrogen) atoms. The molecule has 0 amide bonds. The molecule has 1 aromatic rings. The van der Waals surface area contributed by atoms with Crippen molar-refractivity contribution >= 4 is 11.7 Å². The van der Waals surface area contributed by atoms with E-state index in [0.29, 0.717) is 0 Å². The normalized spacial score (nSPS) is 16.6. The first-order chi connectivity index (χ1) is 10.5. The number of rotatable bonds is 4. The molecular formula is C13H14N4O5. The predicted molar refractivity (Wildman–Crippen MR) is 74.2 cm³/mol. The van der Waals surface area contributed by atoms with Crippen LogP contribution in [0, 0.1) is 11.3 Å². The SMILES string of the molecule is CCOC(=O)C1=NO[C@@H](Cn2cc(C#N)c(=O)n(C)c2=O)C1. The number of esters is 1. The van der Waals surface area contributed by atoms with Gasteiger partial charge in [-0.1, -0.05) is 5.16 Å². The van der Waals surface area contributed by atoms with Gasteiger partial charge in [0.25, 0.3) is 5.56 Å². The average Bonchev–Trinajstić information content (AvgIpc) is 2.97. The highest BCUT2D eigenvalue weighted by Crippen LogP contribution is 2.13. The maximum absolute atomic E-state index is 12.0. The summed E-state index contributed by atoms with van der Waals surface area (Å²) >= 11 is 0. The van der Waals surface area contributed by atoms with Crippen LogP contribution in [0.1, 0.15) is 18.9 Å². The number of hydrogen-bond acceptors (Lipinski definition) is 7. The number of carbonyl (C=O) groups excluding carboxylic acids is 1. The van der Waals surface area contributed by atoms with E-state index in [2.05, 4.69) is 5.16 Å². The molecule has 1 aliphatic rings. The monoisotopic (exact) mass is 306 g/mol. The Bertz CT molecular complexity index is 783. The van der Waals surface area contributed by atoms with Crippen molar-refractivity contribution in [2.75, 3.05) is 6.61 Å². The van der Waals surface area contributed by atoms with Crippen molar-refractivity contribution in [3.05, 3.63) is 32.6 Å². The molecular weight excluding hydrogens is 292 g/mol. The highest BCUT2D eigenvalue weighted by molar-refractivity contribution is 6.36. The van der Waals surface area contributed by atoms with Gasteiger partial charge < -0.3 is 9.57 Å². The molecule has 0 aromatic carbocycles. The Morgan fingerprint density at radius 2 is 2.32 bits per heavy atom. The van der Waals surface area contributed by atoms with Gasteiger partial charge in [-0.05, 0) is 6.92 Å². The maximum atomic E-state index is 12.0. The van der Waals surface area contributed by atoms with Gasteiger partial charge in [0, 0.05) is 19.7 Å². The molecule has 116 valence electrons. The van der Waals surface area contributed by atoms with Gasteiger partial charge >= 0.3 is 11.7 Å². The van der Waals surface area contributed by atoms with Crippen LogP contribution in [0.3, 0.4) is 0 Å². The van der Waals surface area contributed by atoms with Gasteiger partial charge in [-0.15, -0.1) is 0 Å². The Labute approximate surface area is 125 Å². The first kappa shape index (κ1) is 15.5. The zero-order valence-corrected chi connectivity index (χ0v) is 12.1. The summed E-state index contributed by atoms with van der Waals surface area (Å²) in [5.74, 6) is -0.560. The van der Waals surface area contributed by atoms with Gasteiger partial charge in [-0.3, -0.25) is 13.9 Å². The highest BCUT2D eigenvalue weighted by atomic mass is 16.6. The van der Waals surface area contributed by atoms with Crippen molar-refractivity contribution in [3.8, 4) is 6.07 Å². The van der Waals surface area contributed by atoms with E-state index >= 15 is 0 Å². The van der Waals surface area contributed by atoms with Crippen molar-refractivity contribution in [2.45, 2.75) is 26.0 Å². The van der Waals surface area contributed by atoms with Crippen LogP contribution in [-0.2, 0) is 28.0 Å². The third-order valence-electron chi connectivity index (χ3n) is 3.12. The van der Waals surface area contributed by atoms with E-state index in [0.717, 1.165) is 4.57 Å². The molecule has 0 radical (unpaired) electrons. The standard InChI is InChI=1S/C13H14N4O5/c1-3-21-12(19)10-4-9(22-15-10)7-17-6-8(5-14)11(18)16(2)13(17)20/h6,9H,3-4,7H2,1-2H3/t9-/m1/s1. The smallest absolute Gasteiger partial charge is 0.356 e. The summed E-state index contributed by atoms with van der Waals surface area (Å²) < 4.78 is 6.85. The maximum Gasteiger partial charge on any atom is 0.356 e. The third-order valence-corrected chi connectivity index (χ3v) is 3.12. The van der Waals surface area contributed by atoms with Gasteiger partial charge in [0.1, 0.15) is 11.6 Å². The Morgan fingerprint density at radius 3 is 2.95 bits per heavy atom. The van der Waals surface area contributed by atoms with Gasteiger partial charge in [-0.2, -0.15) is 5.26 Å². The number of oxime groups is 1. The van der Waals surface area contributed by atoms with Gasteiger partial charge in [0.05, 0.1) is 13.2 Å². The molecule has 0 saturated heterocycles. The molecule has 0 aliphatic carbocycles. The van der Waals surface area contributed by atoms with Crippen molar-refractivity contribution in [3.63, 3.8) is 0 Å². The summed E-state index contributed by atoms with van der Waals surface area (Å²) in [6.45, 7) is 1.97. The summed E-state index contributed by atoms with van der Waals surface area (Å²) in [6.07, 6.45) is 0.827. The summed E-state index contributed by atoms with van der Waals surface area (Å²) in [4.78, 5) is 40.2. The molecule has 1 aliphatic heterocycles. The fourth-order valence-electron chi connectivity index (χ4n) is 2.01. The Balaban J connectivity index is 2.16. The molecule has 0 bridgehead atoms. The second kappa shape index (κ2) is 6.26. The Kier molecular flexibility index (Phi) is 4.41. The molecule has 0 saturated carbocycles. The molecule has 0 fully saturated rings. The van der Waals surface area contributed by atoms with E-state index in [1.54, 1.807) is 13.0 Å². The molecule has 9 nitrogen and oxygen atoms in total. The molecule has 0 unspecified atom stereocenters. The van der Waals surface area contributed by atoms with Crippen molar-refractivity contribution < 1.29 is 14.4 Å². The molecule has 0 N–H and O–H groups in total. The second-order valence-electron chi connectivity index (χ2n) is 4.64. The molecule has 1 atom stereocenters. The largest absolute Gasteiger partial charge is 0.461 e. The number of ether oxygens (including phenoxy) is 1. The van der Waals surface area contributed by atoms with E-state index < -0.39 is 23.3 Å². The minimum absolute atomic E-state index is 0.0635. The fourth-order valence-corrected chi connectivity index (χ4v) is 2.01. The Morgan fingerprint density at radius 1 is 1.59 bits per heavy atom. The van der Waals surface area contributed by atoms with Crippen LogP contribution >= 0.6 is 0 Å². The lowest BCUT2D eigenvalue weighted by Crippen LogP contribution is -2.40. The lowest BCUT2D eigenvalue weighted by Gasteiger charge is -2.11. The lowest BCUT2D eigenvalue weighted by molar-refractivity contribution is -0.135. The zero-order valence-electron chi connectivity index (χ0n) is 12.1. The van der Waals surface area contributed by atoms with Crippen LogP contribution in [-0.4, -0.2) is 33.5 Å². The van der Waals surface area contributed by atoms with E-state index in [-0.39, 0.29) is 30.8 Å². The van der Waals surface area contributed by atoms with Crippen LogP contribution in [0.5, 0.6) is 0 Å². The molecule has 2 heterocycles. The molecule has 2 rings (SSSR count). The summed E-state index contributed by atoms with van der Waals surface area (Å²) in [5, 5.41) is 12.5. The van der Waals surface area contributed by atoms with Gasteiger partial charge in [-0.25, -0.2) is 9.59 Å². The van der Waals surface area contributed by atoms with Crippen molar-refractivity contribution in [1.29, 1.82) is 5.26 Å². The quantitative estimate of drug-likeness (QED) is 0.667. The van der Waals surface area contributed by atoms with Gasteiger partial charge in [0.15, 0.2) is 11.8 Å². The van der Waals surface area contributed by atoms with Crippen molar-refractivity contribution in [1.82, 2.24) is 9.13 Å². The van der Waals surface area contributed by atoms with Crippen molar-refractivity contribution in [2.24, 2.45) is 12.2 Å². The number of aromatic nitrogens is 2. The van der Waals surface area contributed by atoms with E-state index in [4.69, 9.17) is 14.8 Å². The zero-order chi connectivity index (χ0) is 16.3. The van der Waals surface area contributed by atoms with Gasteiger partial charge in [0.2, 0.25) is 0 Å². The third kappa shape index (κ3) is 2.90. The predicted octanol–water partition coefficient (Wildman–Crippen LogP) is -0.873. The van der Waals surface area contributed by atoms with E-state index in [1.165, 1.54) is 17.8 Å². The van der Waals surface area contributed by atoms with Crippen LogP contribution in [0.2, 0.25) is 0 Å². The molecule has 9 heteroatoms. The molecule has 1 aromatic heterocycles. The van der Waals surface area contributed by atoms with E-state index in [1.807, 2.05) is 0 Å². The number of hydrogen-bond donors (Lipinski definition) is 0. The summed E-state index contributed by atoms with van der Waals surface area (Å²) in [5.41, 5.74) is -1.23. The fraction of sp³-hybridized carbons (Fsp3) is 0.462. The van der Waals surface area contributed by atoms with Crippen LogP contribution in [0.25, 0.3) is 0 Å². The highest BCUT2D eigenvalue weighted by Gasteiger charge is 2.28. The number of carbonyl (C=O) groups is 1. The van der Waals surface area contributed by atoms with Crippen LogP contribution < -0.4 is 11.2 Å². The minimum Gasteiger partial charge on any atom is -0.461 e. The first-order valence-corrected chi connectivity index (χ1v) is 6.58. The van der Waals surface area contributed by atoms with Crippen LogP contribution in [0.15, 0.2) is 20.9 Å². The summed E-state index contributed by atoms with van der Waals surface area (Å²) in [6, 6.07) is 1.74. The lowest BCUT2D eigenvalue weighted by atomic mass is 10.2. The minimum atomic E-state index is -0.653.